The fourth-order valence-corrected chi connectivity index (χ4v) is 4.90. The molecule has 27 heavy (non-hydrogen) atoms. The Balaban J connectivity index is 1.59. The second-order valence-electron chi connectivity index (χ2n) is 7.28. The lowest BCUT2D eigenvalue weighted by atomic mass is 10.1. The first-order chi connectivity index (χ1) is 13.1. The lowest BCUT2D eigenvalue weighted by Gasteiger charge is -2.26. The van der Waals surface area contributed by atoms with Crippen molar-refractivity contribution in [1.29, 1.82) is 0 Å². The van der Waals surface area contributed by atoms with E-state index in [0.29, 0.717) is 6.54 Å². The average molecular weight is 381 g/mol. The third-order valence-corrected chi connectivity index (χ3v) is 6.70. The molecule has 0 spiro atoms. The minimum Gasteiger partial charge on any atom is -0.311 e. The highest BCUT2D eigenvalue weighted by Crippen LogP contribution is 2.36. The number of amides is 2. The van der Waals surface area contributed by atoms with Crippen molar-refractivity contribution in [3.63, 3.8) is 0 Å². The summed E-state index contributed by atoms with van der Waals surface area (Å²) in [4.78, 5) is 30.9. The van der Waals surface area contributed by atoms with Gasteiger partial charge < -0.3 is 9.80 Å². The van der Waals surface area contributed by atoms with Crippen molar-refractivity contribution in [2.45, 2.75) is 31.6 Å². The first kappa shape index (κ1) is 18.1. The van der Waals surface area contributed by atoms with E-state index in [-0.39, 0.29) is 24.2 Å². The summed E-state index contributed by atoms with van der Waals surface area (Å²) < 4.78 is 0. The predicted octanol–water partition coefficient (Wildman–Crippen LogP) is 4.19. The number of carbonyl (C=O) groups excluding carboxylic acids is 2. The molecule has 0 bridgehead atoms. The molecule has 0 aromatic heterocycles. The van der Waals surface area contributed by atoms with Crippen LogP contribution in [-0.2, 0) is 9.59 Å². The monoisotopic (exact) mass is 380 g/mol. The van der Waals surface area contributed by atoms with Crippen LogP contribution in [0.5, 0.6) is 0 Å². The van der Waals surface area contributed by atoms with E-state index in [1.165, 1.54) is 0 Å². The van der Waals surface area contributed by atoms with Gasteiger partial charge in [-0.15, -0.1) is 11.8 Å². The van der Waals surface area contributed by atoms with Crippen molar-refractivity contribution in [3.8, 4) is 0 Å². The minimum atomic E-state index is -0.284. The molecule has 1 unspecified atom stereocenters. The predicted molar refractivity (Wildman–Crippen MR) is 111 cm³/mol. The first-order valence-corrected chi connectivity index (χ1v) is 10.4. The van der Waals surface area contributed by atoms with E-state index in [2.05, 4.69) is 6.07 Å². The van der Waals surface area contributed by atoms with Crippen LogP contribution in [0.2, 0.25) is 0 Å². The lowest BCUT2D eigenvalue weighted by molar-refractivity contribution is -0.124. The Hall–Kier alpha value is -2.27. The van der Waals surface area contributed by atoms with E-state index in [1.807, 2.05) is 55.1 Å². The number of para-hydroxylation sites is 1. The highest BCUT2D eigenvalue weighted by atomic mass is 32.2. The molecule has 2 heterocycles. The lowest BCUT2D eigenvalue weighted by Crippen LogP contribution is -2.38. The number of anilines is 2. The Morgan fingerprint density at radius 1 is 1.07 bits per heavy atom. The molecule has 0 radical (unpaired) electrons. The molecule has 0 aliphatic carbocycles. The van der Waals surface area contributed by atoms with E-state index < -0.39 is 0 Å². The number of carbonyl (C=O) groups is 2. The third-order valence-electron chi connectivity index (χ3n) is 5.55. The number of nitrogens with zero attached hydrogens (tertiary/aromatic N) is 2. The molecular formula is C22H24N2O2S. The molecule has 4 nitrogen and oxygen atoms in total. The highest BCUT2D eigenvalue weighted by molar-refractivity contribution is 7.99. The Kier molecular flexibility index (Phi) is 4.96. The molecule has 2 aliphatic heterocycles. The van der Waals surface area contributed by atoms with Gasteiger partial charge in [0.2, 0.25) is 11.8 Å². The van der Waals surface area contributed by atoms with Crippen LogP contribution < -0.4 is 9.80 Å². The number of hydrogen-bond donors (Lipinski definition) is 0. The fraction of sp³-hybridized carbons (Fsp3) is 0.364. The van der Waals surface area contributed by atoms with Gasteiger partial charge in [0.1, 0.15) is 0 Å². The van der Waals surface area contributed by atoms with Gasteiger partial charge in [0.05, 0.1) is 11.6 Å². The number of hydrogen-bond acceptors (Lipinski definition) is 3. The standard InChI is InChI=1S/C22H24N2O2S/c1-15-7-5-9-18(16(15)2)24-14-17(13-21(24)25)22(26)23-11-6-12-27-20-10-4-3-8-19(20)23/h3-5,7-10,17H,6,11-14H2,1-2H3. The van der Waals surface area contributed by atoms with Crippen LogP contribution in [-0.4, -0.2) is 30.7 Å². The zero-order valence-corrected chi connectivity index (χ0v) is 16.6. The maximum absolute atomic E-state index is 13.3. The van der Waals surface area contributed by atoms with Gasteiger partial charge >= 0.3 is 0 Å². The van der Waals surface area contributed by atoms with Crippen molar-refractivity contribution in [3.05, 3.63) is 53.6 Å². The number of fused-ring (bicyclic) bond motifs is 1. The van der Waals surface area contributed by atoms with Crippen molar-refractivity contribution in [2.75, 3.05) is 28.6 Å². The largest absolute Gasteiger partial charge is 0.311 e. The maximum Gasteiger partial charge on any atom is 0.232 e. The average Bonchev–Trinajstić information content (AvgIpc) is 2.92. The fourth-order valence-electron chi connectivity index (χ4n) is 3.91. The zero-order valence-electron chi connectivity index (χ0n) is 15.8. The van der Waals surface area contributed by atoms with Gasteiger partial charge in [-0.1, -0.05) is 24.3 Å². The summed E-state index contributed by atoms with van der Waals surface area (Å²) in [5.41, 5.74) is 4.19. The molecule has 1 saturated heterocycles. The second-order valence-corrected chi connectivity index (χ2v) is 8.42. The van der Waals surface area contributed by atoms with Crippen molar-refractivity contribution < 1.29 is 9.59 Å². The third kappa shape index (κ3) is 3.36. The second kappa shape index (κ2) is 7.39. The topological polar surface area (TPSA) is 40.6 Å². The summed E-state index contributed by atoms with van der Waals surface area (Å²) in [6, 6.07) is 14.1. The molecular weight excluding hydrogens is 356 g/mol. The van der Waals surface area contributed by atoms with E-state index in [4.69, 9.17) is 0 Å². The highest BCUT2D eigenvalue weighted by Gasteiger charge is 2.38. The molecule has 4 rings (SSSR count). The summed E-state index contributed by atoms with van der Waals surface area (Å²) in [6.45, 7) is 5.27. The quantitative estimate of drug-likeness (QED) is 0.785. The molecule has 0 N–H and O–H groups in total. The molecule has 2 amide bonds. The van der Waals surface area contributed by atoms with E-state index in [0.717, 1.165) is 46.1 Å². The zero-order chi connectivity index (χ0) is 19.0. The van der Waals surface area contributed by atoms with E-state index >= 15 is 0 Å². The van der Waals surface area contributed by atoms with Crippen LogP contribution in [0.4, 0.5) is 11.4 Å². The van der Waals surface area contributed by atoms with E-state index in [9.17, 15) is 9.59 Å². The minimum absolute atomic E-state index is 0.0412. The van der Waals surface area contributed by atoms with Gasteiger partial charge in [0, 0.05) is 30.1 Å². The summed E-state index contributed by atoms with van der Waals surface area (Å²) in [6.07, 6.45) is 1.25. The number of aryl methyl sites for hydroxylation is 1. The van der Waals surface area contributed by atoms with Crippen LogP contribution in [0, 0.1) is 19.8 Å². The summed E-state index contributed by atoms with van der Waals surface area (Å²) in [7, 11) is 0. The molecule has 2 aromatic rings. The number of benzene rings is 2. The van der Waals surface area contributed by atoms with Crippen molar-refractivity contribution in [2.24, 2.45) is 5.92 Å². The summed E-state index contributed by atoms with van der Waals surface area (Å²) >= 11 is 1.80. The Morgan fingerprint density at radius 3 is 2.70 bits per heavy atom. The smallest absolute Gasteiger partial charge is 0.232 e. The molecule has 140 valence electrons. The number of rotatable bonds is 2. The summed E-state index contributed by atoms with van der Waals surface area (Å²) in [5, 5.41) is 0. The van der Waals surface area contributed by atoms with Gasteiger partial charge in [0.15, 0.2) is 0 Å². The molecule has 2 aliphatic rings. The Bertz CT molecular complexity index is 896. The van der Waals surface area contributed by atoms with Crippen LogP contribution in [0.25, 0.3) is 0 Å². The van der Waals surface area contributed by atoms with Crippen molar-refractivity contribution >= 4 is 35.0 Å². The van der Waals surface area contributed by atoms with Crippen LogP contribution in [0.3, 0.4) is 0 Å². The van der Waals surface area contributed by atoms with Crippen molar-refractivity contribution in [1.82, 2.24) is 0 Å². The van der Waals surface area contributed by atoms with Gasteiger partial charge in [-0.25, -0.2) is 0 Å². The molecule has 5 heteroatoms. The SMILES string of the molecule is Cc1cccc(N2CC(C(=O)N3CCCSc4ccccc43)CC2=O)c1C. The van der Waals surface area contributed by atoms with Gasteiger partial charge in [-0.2, -0.15) is 0 Å². The Morgan fingerprint density at radius 2 is 1.85 bits per heavy atom. The van der Waals surface area contributed by atoms with E-state index in [1.54, 1.807) is 16.7 Å². The molecule has 2 aromatic carbocycles. The van der Waals surface area contributed by atoms with Crippen LogP contribution in [0.15, 0.2) is 47.4 Å². The first-order valence-electron chi connectivity index (χ1n) is 9.46. The van der Waals surface area contributed by atoms with Gasteiger partial charge in [0.25, 0.3) is 0 Å². The molecule has 1 atom stereocenters. The maximum atomic E-state index is 13.3. The van der Waals surface area contributed by atoms with Crippen LogP contribution >= 0.6 is 11.8 Å². The normalized spacial score (nSPS) is 19.8. The van der Waals surface area contributed by atoms with Crippen LogP contribution in [0.1, 0.15) is 24.0 Å². The van der Waals surface area contributed by atoms with Gasteiger partial charge in [-0.05, 0) is 55.3 Å². The Labute approximate surface area is 164 Å². The van der Waals surface area contributed by atoms with Gasteiger partial charge in [-0.3, -0.25) is 9.59 Å². The summed E-state index contributed by atoms with van der Waals surface area (Å²) in [5.74, 6) is 0.845. The molecule has 1 fully saturated rings. The number of thioether (sulfide) groups is 1. The molecule has 0 saturated carbocycles.